The van der Waals surface area contributed by atoms with Crippen LogP contribution in [0.25, 0.3) is 0 Å². The van der Waals surface area contributed by atoms with E-state index < -0.39 is 6.92 Å². The van der Waals surface area contributed by atoms with E-state index in [4.69, 9.17) is 9.76 Å². The molecule has 0 atom stereocenters. The highest BCUT2D eigenvalue weighted by Crippen LogP contribution is 2.05. The van der Waals surface area contributed by atoms with Crippen LogP contribution < -0.4 is 10.2 Å². The van der Waals surface area contributed by atoms with E-state index >= 15 is 0 Å². The number of benzene rings is 1. The zero-order valence-corrected chi connectivity index (χ0v) is 6.74. The molecule has 1 aromatic rings. The van der Waals surface area contributed by atoms with Crippen LogP contribution in [0.4, 0.5) is 0 Å². The van der Waals surface area contributed by atoms with Crippen LogP contribution in [-0.2, 0) is 0 Å². The Morgan fingerprint density at radius 3 is 2.18 bits per heavy atom. The van der Waals surface area contributed by atoms with E-state index in [9.17, 15) is 0 Å². The fourth-order valence-corrected chi connectivity index (χ4v) is 0.882. The highest BCUT2D eigenvalue weighted by Gasteiger charge is 2.04. The lowest BCUT2D eigenvalue weighted by Gasteiger charge is -2.02. The molecule has 0 aliphatic heterocycles. The Labute approximate surface area is 66.9 Å². The number of hydrogen-bond donors (Lipinski definition) is 1. The Morgan fingerprint density at radius 1 is 1.27 bits per heavy atom. The van der Waals surface area contributed by atoms with Crippen molar-refractivity contribution in [2.45, 2.75) is 6.82 Å². The minimum Gasteiger partial charge on any atom is -0.497 e. The van der Waals surface area contributed by atoms with Crippen molar-refractivity contribution in [2.24, 2.45) is 0 Å². The third-order valence-corrected chi connectivity index (χ3v) is 1.60. The molecule has 1 rings (SSSR count). The van der Waals surface area contributed by atoms with E-state index in [0.29, 0.717) is 0 Å². The quantitative estimate of drug-likeness (QED) is 0.622. The molecule has 0 bridgehead atoms. The second-order valence-corrected chi connectivity index (χ2v) is 2.45. The van der Waals surface area contributed by atoms with Gasteiger partial charge in [-0.15, -0.1) is 0 Å². The molecule has 0 saturated heterocycles. The molecule has 0 amide bonds. The molecular weight excluding hydrogens is 139 g/mol. The maximum atomic E-state index is 9.15. The summed E-state index contributed by atoms with van der Waals surface area (Å²) in [4.78, 5) is 0. The van der Waals surface area contributed by atoms with Gasteiger partial charge in [0.1, 0.15) is 5.75 Å². The number of hydrogen-bond acceptors (Lipinski definition) is 2. The molecule has 0 radical (unpaired) electrons. The van der Waals surface area contributed by atoms with Crippen LogP contribution >= 0.6 is 0 Å². The summed E-state index contributed by atoms with van der Waals surface area (Å²) in [6.45, 7) is 1.34. The van der Waals surface area contributed by atoms with Crippen LogP contribution in [0.5, 0.6) is 5.75 Å². The Bertz CT molecular complexity index is 218. The number of methoxy groups -OCH3 is 1. The molecule has 0 unspecified atom stereocenters. The molecule has 0 heterocycles. The lowest BCUT2D eigenvalue weighted by Crippen LogP contribution is -2.25. The van der Waals surface area contributed by atoms with Gasteiger partial charge in [-0.25, -0.2) is 0 Å². The summed E-state index contributed by atoms with van der Waals surface area (Å²) in [5.41, 5.74) is 0.908. The first-order chi connectivity index (χ1) is 5.24. The summed E-state index contributed by atoms with van der Waals surface area (Å²) in [6.07, 6.45) is 0. The molecule has 0 fully saturated rings. The standard InChI is InChI=1S/C8H11BO2/c1-9(10)7-3-5-8(11-2)6-4-7/h3-6,10H,1-2H3. The Hall–Kier alpha value is -0.955. The first-order valence-corrected chi connectivity index (χ1v) is 3.56. The molecule has 3 heteroatoms. The van der Waals surface area contributed by atoms with Crippen molar-refractivity contribution in [3.63, 3.8) is 0 Å². The number of ether oxygens (including phenoxy) is 1. The molecule has 1 N–H and O–H groups in total. The van der Waals surface area contributed by atoms with Gasteiger partial charge in [0.15, 0.2) is 0 Å². The zero-order valence-electron chi connectivity index (χ0n) is 6.74. The normalized spacial score (nSPS) is 9.36. The minimum absolute atomic E-state index is 0.402. The van der Waals surface area contributed by atoms with E-state index in [0.717, 1.165) is 11.2 Å². The van der Waals surface area contributed by atoms with Crippen molar-refractivity contribution in [1.29, 1.82) is 0 Å². The van der Waals surface area contributed by atoms with Gasteiger partial charge in [0.2, 0.25) is 0 Å². The Morgan fingerprint density at radius 2 is 1.82 bits per heavy atom. The van der Waals surface area contributed by atoms with Gasteiger partial charge in [0.05, 0.1) is 7.11 Å². The van der Waals surface area contributed by atoms with E-state index in [1.807, 2.05) is 24.3 Å². The monoisotopic (exact) mass is 150 g/mol. The van der Waals surface area contributed by atoms with Gasteiger partial charge in [-0.3, -0.25) is 0 Å². The SMILES string of the molecule is COc1ccc(B(C)O)cc1. The summed E-state index contributed by atoms with van der Waals surface area (Å²) in [5.74, 6) is 0.814. The first kappa shape index (κ1) is 8.14. The Balaban J connectivity index is 2.83. The molecule has 2 nitrogen and oxygen atoms in total. The maximum Gasteiger partial charge on any atom is 0.320 e. The lowest BCUT2D eigenvalue weighted by molar-refractivity contribution is 0.415. The largest absolute Gasteiger partial charge is 0.497 e. The molecule has 11 heavy (non-hydrogen) atoms. The van der Waals surface area contributed by atoms with E-state index in [1.54, 1.807) is 13.9 Å². The fraction of sp³-hybridized carbons (Fsp3) is 0.250. The van der Waals surface area contributed by atoms with Crippen LogP contribution in [-0.4, -0.2) is 19.0 Å². The lowest BCUT2D eigenvalue weighted by atomic mass is 9.64. The first-order valence-electron chi connectivity index (χ1n) is 3.56. The van der Waals surface area contributed by atoms with E-state index in [2.05, 4.69) is 0 Å². The summed E-state index contributed by atoms with van der Waals surface area (Å²) < 4.78 is 4.97. The van der Waals surface area contributed by atoms with Crippen LogP contribution in [0, 0.1) is 0 Å². The minimum atomic E-state index is -0.402. The average molecular weight is 150 g/mol. The van der Waals surface area contributed by atoms with Crippen molar-refractivity contribution in [3.8, 4) is 5.75 Å². The van der Waals surface area contributed by atoms with Gasteiger partial charge in [-0.05, 0) is 17.6 Å². The van der Waals surface area contributed by atoms with Crippen LogP contribution in [0.1, 0.15) is 0 Å². The van der Waals surface area contributed by atoms with Crippen molar-refractivity contribution in [2.75, 3.05) is 7.11 Å². The second kappa shape index (κ2) is 3.44. The third-order valence-electron chi connectivity index (χ3n) is 1.60. The van der Waals surface area contributed by atoms with Gasteiger partial charge in [-0.1, -0.05) is 19.0 Å². The highest BCUT2D eigenvalue weighted by molar-refractivity contribution is 6.64. The number of rotatable bonds is 2. The van der Waals surface area contributed by atoms with Gasteiger partial charge in [0.25, 0.3) is 0 Å². The molecule has 0 saturated carbocycles. The Kier molecular flexibility index (Phi) is 2.55. The van der Waals surface area contributed by atoms with Gasteiger partial charge >= 0.3 is 6.92 Å². The molecule has 0 aliphatic rings. The molecule has 1 aromatic carbocycles. The predicted molar refractivity (Wildman–Crippen MR) is 46.5 cm³/mol. The van der Waals surface area contributed by atoms with Crippen molar-refractivity contribution < 1.29 is 9.76 Å². The predicted octanol–water partition coefficient (Wildman–Crippen LogP) is 0.516. The fourth-order valence-electron chi connectivity index (χ4n) is 0.882. The van der Waals surface area contributed by atoms with Gasteiger partial charge < -0.3 is 9.76 Å². The molecule has 0 spiro atoms. The van der Waals surface area contributed by atoms with Gasteiger partial charge in [0, 0.05) is 0 Å². The van der Waals surface area contributed by atoms with Crippen LogP contribution in [0.15, 0.2) is 24.3 Å². The zero-order chi connectivity index (χ0) is 8.27. The summed E-state index contributed by atoms with van der Waals surface area (Å²) in [7, 11) is 1.62. The molecule has 0 aliphatic carbocycles. The van der Waals surface area contributed by atoms with Crippen LogP contribution in [0.2, 0.25) is 6.82 Å². The molecule has 0 aromatic heterocycles. The summed E-state index contributed by atoms with van der Waals surface area (Å²) >= 11 is 0. The smallest absolute Gasteiger partial charge is 0.320 e. The van der Waals surface area contributed by atoms with Gasteiger partial charge in [-0.2, -0.15) is 0 Å². The van der Waals surface area contributed by atoms with Crippen molar-refractivity contribution in [3.05, 3.63) is 24.3 Å². The average Bonchev–Trinajstić information content (AvgIpc) is 2.05. The van der Waals surface area contributed by atoms with Crippen molar-refractivity contribution >= 4 is 12.4 Å². The maximum absolute atomic E-state index is 9.15. The summed E-state index contributed by atoms with van der Waals surface area (Å²) in [6, 6.07) is 7.37. The summed E-state index contributed by atoms with van der Waals surface area (Å²) in [5, 5.41) is 9.15. The van der Waals surface area contributed by atoms with Crippen LogP contribution in [0.3, 0.4) is 0 Å². The van der Waals surface area contributed by atoms with E-state index in [-0.39, 0.29) is 0 Å². The second-order valence-electron chi connectivity index (χ2n) is 2.45. The molecule has 58 valence electrons. The molecular formula is C8H11BO2. The van der Waals surface area contributed by atoms with Crippen molar-refractivity contribution in [1.82, 2.24) is 0 Å². The third kappa shape index (κ3) is 1.98. The highest BCUT2D eigenvalue weighted by atomic mass is 16.5. The van der Waals surface area contributed by atoms with E-state index in [1.165, 1.54) is 0 Å². The topological polar surface area (TPSA) is 29.5 Å².